The van der Waals surface area contributed by atoms with Crippen molar-refractivity contribution in [2.75, 3.05) is 4.90 Å². The summed E-state index contributed by atoms with van der Waals surface area (Å²) in [5.41, 5.74) is 2.45. The van der Waals surface area contributed by atoms with Gasteiger partial charge in [0.15, 0.2) is 0 Å². The van der Waals surface area contributed by atoms with E-state index >= 15 is 0 Å². The van der Waals surface area contributed by atoms with E-state index in [-0.39, 0.29) is 18.9 Å². The Kier molecular flexibility index (Phi) is 6.06. The van der Waals surface area contributed by atoms with E-state index in [1.54, 1.807) is 48.5 Å². The van der Waals surface area contributed by atoms with Crippen LogP contribution in [0.15, 0.2) is 72.8 Å². The lowest BCUT2D eigenvalue weighted by Gasteiger charge is -2.28. The molecule has 0 aromatic heterocycles. The normalized spacial score (nSPS) is 15.8. The van der Waals surface area contributed by atoms with Gasteiger partial charge in [-0.15, -0.1) is 0 Å². The maximum Gasteiger partial charge on any atom is 0.257 e. The van der Waals surface area contributed by atoms with E-state index in [0.717, 1.165) is 10.5 Å². The van der Waals surface area contributed by atoms with Crippen LogP contribution >= 0.6 is 11.6 Å². The highest BCUT2D eigenvalue weighted by molar-refractivity contribution is 6.31. The van der Waals surface area contributed by atoms with E-state index < -0.39 is 23.7 Å². The average molecular weight is 451 g/mol. The summed E-state index contributed by atoms with van der Waals surface area (Å²) in [5.74, 6) is -1.66. The molecule has 5 nitrogen and oxygen atoms in total. The van der Waals surface area contributed by atoms with Gasteiger partial charge < -0.3 is 4.90 Å². The summed E-state index contributed by atoms with van der Waals surface area (Å²) in [6.07, 6.45) is -0.139. The summed E-state index contributed by atoms with van der Waals surface area (Å²) in [4.78, 5) is 41.9. The molecule has 1 aliphatic rings. The van der Waals surface area contributed by atoms with E-state index in [1.807, 2.05) is 19.1 Å². The molecule has 7 heteroatoms. The van der Waals surface area contributed by atoms with Crippen LogP contribution in [0.2, 0.25) is 5.02 Å². The molecule has 3 aromatic carbocycles. The van der Waals surface area contributed by atoms with Crippen molar-refractivity contribution in [2.45, 2.75) is 25.9 Å². The predicted octanol–water partition coefficient (Wildman–Crippen LogP) is 4.76. The number of halogens is 2. The Hall–Kier alpha value is -3.51. The first-order valence-electron chi connectivity index (χ1n) is 10.1. The van der Waals surface area contributed by atoms with Gasteiger partial charge in [0.05, 0.1) is 12.1 Å². The molecule has 3 amide bonds. The Morgan fingerprint density at radius 3 is 2.25 bits per heavy atom. The second-order valence-electron chi connectivity index (χ2n) is 7.69. The van der Waals surface area contributed by atoms with Crippen molar-refractivity contribution in [1.29, 1.82) is 0 Å². The van der Waals surface area contributed by atoms with E-state index in [1.165, 1.54) is 17.0 Å². The third-order valence-electron chi connectivity index (χ3n) is 5.41. The van der Waals surface area contributed by atoms with Gasteiger partial charge in [-0.1, -0.05) is 41.4 Å². The molecule has 4 rings (SSSR count). The number of amides is 3. The minimum absolute atomic E-state index is 0.0606. The largest absolute Gasteiger partial charge is 0.322 e. The number of aryl methyl sites for hydroxylation is 1. The molecule has 3 aromatic rings. The van der Waals surface area contributed by atoms with Crippen molar-refractivity contribution < 1.29 is 18.8 Å². The first kappa shape index (κ1) is 21.7. The zero-order valence-corrected chi connectivity index (χ0v) is 18.1. The topological polar surface area (TPSA) is 57.7 Å². The summed E-state index contributed by atoms with van der Waals surface area (Å²) in [6, 6.07) is 18.1. The second-order valence-corrected chi connectivity index (χ2v) is 8.13. The molecule has 1 aliphatic heterocycles. The van der Waals surface area contributed by atoms with Gasteiger partial charge in [0.25, 0.3) is 11.8 Å². The van der Waals surface area contributed by atoms with Crippen molar-refractivity contribution in [3.05, 3.63) is 100 Å². The number of rotatable bonds is 5. The number of imide groups is 1. The lowest BCUT2D eigenvalue weighted by molar-refractivity contribution is -0.122. The third kappa shape index (κ3) is 4.41. The fourth-order valence-electron chi connectivity index (χ4n) is 3.69. The number of carbonyl (C=O) groups is 3. The Morgan fingerprint density at radius 2 is 1.62 bits per heavy atom. The van der Waals surface area contributed by atoms with Crippen molar-refractivity contribution in [1.82, 2.24) is 4.90 Å². The van der Waals surface area contributed by atoms with Crippen LogP contribution in [0.5, 0.6) is 0 Å². The molecule has 162 valence electrons. The predicted molar refractivity (Wildman–Crippen MR) is 120 cm³/mol. The summed E-state index contributed by atoms with van der Waals surface area (Å²) in [5, 5.41) is 0.483. The molecule has 0 bridgehead atoms. The zero-order valence-electron chi connectivity index (χ0n) is 17.3. The maximum atomic E-state index is 13.4. The van der Waals surface area contributed by atoms with E-state index in [0.29, 0.717) is 21.8 Å². The number of hydrogen-bond acceptors (Lipinski definition) is 3. The SMILES string of the molecule is Cc1ccc(C(=O)N(Cc2ccc(F)cc2)C2CC(=O)N(c3ccc(Cl)cc3)C2=O)cc1. The molecular weight excluding hydrogens is 431 g/mol. The van der Waals surface area contributed by atoms with Gasteiger partial charge >= 0.3 is 0 Å². The molecule has 1 atom stereocenters. The fraction of sp³-hybridized carbons (Fsp3) is 0.160. The summed E-state index contributed by atoms with van der Waals surface area (Å²) < 4.78 is 13.4. The first-order chi connectivity index (χ1) is 15.3. The minimum atomic E-state index is -0.975. The molecule has 0 spiro atoms. The quantitative estimate of drug-likeness (QED) is 0.526. The monoisotopic (exact) mass is 450 g/mol. The van der Waals surface area contributed by atoms with E-state index in [2.05, 4.69) is 0 Å². The average Bonchev–Trinajstić information content (AvgIpc) is 3.08. The highest BCUT2D eigenvalue weighted by Gasteiger charge is 2.44. The van der Waals surface area contributed by atoms with Gasteiger partial charge in [0.1, 0.15) is 11.9 Å². The van der Waals surface area contributed by atoms with Crippen LogP contribution in [0, 0.1) is 12.7 Å². The van der Waals surface area contributed by atoms with Crippen LogP contribution in [0.3, 0.4) is 0 Å². The summed E-state index contributed by atoms with van der Waals surface area (Å²) in [6.45, 7) is 1.97. The Balaban J connectivity index is 1.68. The Labute approximate surface area is 190 Å². The van der Waals surface area contributed by atoms with Gasteiger partial charge in [-0.3, -0.25) is 14.4 Å². The Bertz CT molecular complexity index is 1160. The van der Waals surface area contributed by atoms with Gasteiger partial charge in [-0.05, 0) is 61.0 Å². The number of carbonyl (C=O) groups excluding carboxylic acids is 3. The maximum absolute atomic E-state index is 13.4. The van der Waals surface area contributed by atoms with Crippen LogP contribution in [0.4, 0.5) is 10.1 Å². The van der Waals surface area contributed by atoms with Crippen molar-refractivity contribution >= 4 is 35.0 Å². The molecular formula is C25H20ClFN2O3. The third-order valence-corrected chi connectivity index (χ3v) is 5.66. The number of nitrogens with zero attached hydrogens (tertiary/aromatic N) is 2. The number of benzene rings is 3. The molecule has 0 N–H and O–H groups in total. The molecule has 1 heterocycles. The van der Waals surface area contributed by atoms with Gasteiger partial charge in [-0.25, -0.2) is 9.29 Å². The molecule has 0 aliphatic carbocycles. The highest BCUT2D eigenvalue weighted by atomic mass is 35.5. The molecule has 1 saturated heterocycles. The van der Waals surface area contributed by atoms with E-state index in [9.17, 15) is 18.8 Å². The molecule has 0 saturated carbocycles. The van der Waals surface area contributed by atoms with Crippen molar-refractivity contribution in [3.8, 4) is 0 Å². The molecule has 32 heavy (non-hydrogen) atoms. The van der Waals surface area contributed by atoms with E-state index in [4.69, 9.17) is 11.6 Å². The Morgan fingerprint density at radius 1 is 1.00 bits per heavy atom. The molecule has 1 unspecified atom stereocenters. The number of anilines is 1. The highest BCUT2D eigenvalue weighted by Crippen LogP contribution is 2.28. The van der Waals surface area contributed by atoms with Crippen LogP contribution in [-0.4, -0.2) is 28.7 Å². The van der Waals surface area contributed by atoms with Crippen LogP contribution in [0.1, 0.15) is 27.9 Å². The lowest BCUT2D eigenvalue weighted by Crippen LogP contribution is -2.45. The molecule has 1 fully saturated rings. The minimum Gasteiger partial charge on any atom is -0.322 e. The van der Waals surface area contributed by atoms with Crippen LogP contribution in [0.25, 0.3) is 0 Å². The lowest BCUT2D eigenvalue weighted by atomic mass is 10.1. The van der Waals surface area contributed by atoms with Crippen LogP contribution < -0.4 is 4.90 Å². The summed E-state index contributed by atoms with van der Waals surface area (Å²) in [7, 11) is 0. The molecule has 0 radical (unpaired) electrons. The standard InChI is InChI=1S/C25H20ClFN2O3/c1-16-2-6-18(7-3-16)24(31)28(15-17-4-10-20(27)11-5-17)22-14-23(30)29(25(22)32)21-12-8-19(26)9-13-21/h2-13,22H,14-15H2,1H3. The zero-order chi connectivity index (χ0) is 22.8. The smallest absolute Gasteiger partial charge is 0.257 e. The van der Waals surface area contributed by atoms with Gasteiger partial charge in [0.2, 0.25) is 5.91 Å². The van der Waals surface area contributed by atoms with Crippen molar-refractivity contribution in [3.63, 3.8) is 0 Å². The van der Waals surface area contributed by atoms with Gasteiger partial charge in [0, 0.05) is 17.1 Å². The van der Waals surface area contributed by atoms with Gasteiger partial charge in [-0.2, -0.15) is 0 Å². The first-order valence-corrected chi connectivity index (χ1v) is 10.5. The summed E-state index contributed by atoms with van der Waals surface area (Å²) >= 11 is 5.92. The number of hydrogen-bond donors (Lipinski definition) is 0. The van der Waals surface area contributed by atoms with Crippen molar-refractivity contribution in [2.24, 2.45) is 0 Å². The fourth-order valence-corrected chi connectivity index (χ4v) is 3.82. The van der Waals surface area contributed by atoms with Crippen LogP contribution in [-0.2, 0) is 16.1 Å². The second kappa shape index (κ2) is 8.93.